The predicted octanol–water partition coefficient (Wildman–Crippen LogP) is 5.15. The maximum absolute atomic E-state index is 16.4. The van der Waals surface area contributed by atoms with Gasteiger partial charge in [-0.1, -0.05) is 60.7 Å². The Morgan fingerprint density at radius 1 is 1.02 bits per heavy atom. The van der Waals surface area contributed by atoms with Crippen molar-refractivity contribution in [1.82, 2.24) is 20.3 Å². The molecule has 0 bridgehead atoms. The molecule has 4 aromatic rings. The van der Waals surface area contributed by atoms with Crippen LogP contribution in [0.3, 0.4) is 0 Å². The number of carbonyl (C=O) groups excluding carboxylic acids is 2. The molecule has 1 unspecified atom stereocenters. The number of amides is 2. The molecule has 2 amide bonds. The Kier molecular flexibility index (Phi) is 8.80. The Morgan fingerprint density at radius 3 is 2.42 bits per heavy atom. The van der Waals surface area contributed by atoms with Crippen LogP contribution in [0.1, 0.15) is 48.9 Å². The quantitative estimate of drug-likeness (QED) is 0.160. The number of fused-ring (bicyclic) bond motifs is 2. The molecular weight excluding hydrogens is 678 g/mol. The monoisotopic (exact) mass is 723 g/mol. The maximum atomic E-state index is 16.4. The molecule has 1 aromatic heterocycles. The van der Waals surface area contributed by atoms with Gasteiger partial charge in [-0.2, -0.15) is 0 Å². The second-order valence-corrected chi connectivity index (χ2v) is 19.0. The van der Waals surface area contributed by atoms with Gasteiger partial charge in [0.05, 0.1) is 31.0 Å². The summed E-state index contributed by atoms with van der Waals surface area (Å²) in [5, 5.41) is 25.3. The fourth-order valence-electron chi connectivity index (χ4n) is 9.36. The maximum Gasteiger partial charge on any atom is 0.261 e. The minimum absolute atomic E-state index is 0.0421. The van der Waals surface area contributed by atoms with Gasteiger partial charge in [0, 0.05) is 46.8 Å². The van der Waals surface area contributed by atoms with Gasteiger partial charge < -0.3 is 29.5 Å². The molecule has 0 saturated carbocycles. The number of rotatable bonds is 9. The zero-order valence-electron chi connectivity index (χ0n) is 29.8. The van der Waals surface area contributed by atoms with Crippen LogP contribution in [-0.2, 0) is 26.5 Å². The van der Waals surface area contributed by atoms with Gasteiger partial charge in [-0.15, -0.1) is 5.10 Å². The first-order valence-corrected chi connectivity index (χ1v) is 21.3. The number of hydrogen-bond donors (Lipinski definition) is 3. The van der Waals surface area contributed by atoms with E-state index in [1.54, 1.807) is 17.8 Å². The third-order valence-corrected chi connectivity index (χ3v) is 14.3. The molecule has 5 heterocycles. The molecule has 13 heteroatoms. The summed E-state index contributed by atoms with van der Waals surface area (Å²) in [6.45, 7) is 7.47. The van der Waals surface area contributed by atoms with E-state index >= 15 is 4.11 Å². The Bertz CT molecular complexity index is 1950. The van der Waals surface area contributed by atoms with E-state index in [9.17, 15) is 14.7 Å². The van der Waals surface area contributed by atoms with Crippen LogP contribution in [0, 0.1) is 5.92 Å². The molecule has 3 saturated heterocycles. The van der Waals surface area contributed by atoms with Crippen LogP contribution in [0.25, 0.3) is 0 Å². The highest BCUT2D eigenvalue weighted by Crippen LogP contribution is 2.59. The van der Waals surface area contributed by atoms with Crippen molar-refractivity contribution in [1.29, 1.82) is 0 Å². The molecule has 0 aliphatic carbocycles. The van der Waals surface area contributed by atoms with E-state index in [0.717, 1.165) is 24.3 Å². The molecule has 5 atom stereocenters. The van der Waals surface area contributed by atoms with Gasteiger partial charge in [0.25, 0.3) is 11.8 Å². The number of aryl methyl sites for hydroxylation is 1. The second-order valence-electron chi connectivity index (χ2n) is 15.2. The number of aliphatic hydroxyl groups excluding tert-OH is 1. The molecule has 3 aromatic carbocycles. The third-order valence-electron chi connectivity index (χ3n) is 11.9. The number of halogens is 1. The molecule has 272 valence electrons. The lowest BCUT2D eigenvalue weighted by atomic mass is 9.82. The topological polar surface area (TPSA) is 125 Å². The standard InChI is InChI=1S/C39H46FN7O4Si/c1-26-35(52(2,3)40)34(16-21-45-23-33(43-44-45)30(24-48)27-10-6-4-7-11-27)51-39(26)31-22-29(14-15-32(31)42-36(39)49)46-25-47(28-12-8-5-9-13-28)38(37(46)50)17-19-41-20-18-38/h4-15,22-23,26,30,34-35,41,48H,16-21,24-25H2,1-3H3,(H,42,49)/t26-,30?,34+,35-,39+/m0/s1. The number of hydrogen-bond acceptors (Lipinski definition) is 8. The average Bonchev–Trinajstić information content (AvgIpc) is 3.88. The molecule has 2 spiro atoms. The second kappa shape index (κ2) is 13.2. The molecule has 4 aliphatic rings. The van der Waals surface area contributed by atoms with Crippen LogP contribution in [-0.4, -0.2) is 78.3 Å². The number of nitrogens with one attached hydrogen (secondary N) is 2. The van der Waals surface area contributed by atoms with Crippen LogP contribution in [0.2, 0.25) is 18.6 Å². The van der Waals surface area contributed by atoms with Crippen molar-refractivity contribution in [3.63, 3.8) is 0 Å². The summed E-state index contributed by atoms with van der Waals surface area (Å²) in [7, 11) is -3.38. The minimum atomic E-state index is -3.38. The van der Waals surface area contributed by atoms with Crippen molar-refractivity contribution >= 4 is 37.3 Å². The summed E-state index contributed by atoms with van der Waals surface area (Å²) in [5.74, 6) is -1.04. The summed E-state index contributed by atoms with van der Waals surface area (Å²) in [6.07, 6.45) is 3.06. The Hall–Kier alpha value is -4.43. The van der Waals surface area contributed by atoms with Crippen molar-refractivity contribution in [2.24, 2.45) is 5.92 Å². The van der Waals surface area contributed by atoms with E-state index in [2.05, 4.69) is 25.8 Å². The number of ether oxygens (including phenoxy) is 1. The smallest absolute Gasteiger partial charge is 0.261 e. The van der Waals surface area contributed by atoms with Crippen molar-refractivity contribution in [2.45, 2.75) is 74.5 Å². The van der Waals surface area contributed by atoms with Gasteiger partial charge in [0.1, 0.15) is 5.54 Å². The molecule has 8 rings (SSSR count). The normalized spacial score (nSPS) is 26.0. The van der Waals surface area contributed by atoms with E-state index in [0.29, 0.717) is 55.1 Å². The zero-order valence-corrected chi connectivity index (χ0v) is 30.8. The fraction of sp³-hybridized carbons (Fsp3) is 0.436. The van der Waals surface area contributed by atoms with E-state index in [-0.39, 0.29) is 24.3 Å². The SMILES string of the molecule is C[C@H]1[C@H]([Si](C)(C)F)[C@@H](CCn2cc(C(CO)c3ccccc3)nn2)O[C@]12C(=O)Nc1ccc(N3CN(c4ccccc4)C4(CCNCC4)C3=O)cc12. The van der Waals surface area contributed by atoms with Crippen molar-refractivity contribution in [3.05, 3.63) is 102 Å². The molecule has 0 radical (unpaired) electrons. The first kappa shape index (κ1) is 34.6. The minimum Gasteiger partial charge on any atom is -0.395 e. The summed E-state index contributed by atoms with van der Waals surface area (Å²) < 4.78 is 25.0. The van der Waals surface area contributed by atoms with Crippen LogP contribution >= 0.6 is 0 Å². The number of carbonyl (C=O) groups is 2. The van der Waals surface area contributed by atoms with Crippen molar-refractivity contribution < 1.29 is 23.5 Å². The Morgan fingerprint density at radius 2 is 1.73 bits per heavy atom. The number of anilines is 3. The van der Waals surface area contributed by atoms with Crippen LogP contribution in [0.4, 0.5) is 21.2 Å². The molecule has 3 fully saturated rings. The number of para-hydroxylation sites is 1. The molecule has 11 nitrogen and oxygen atoms in total. The van der Waals surface area contributed by atoms with E-state index in [1.807, 2.05) is 96.9 Å². The summed E-state index contributed by atoms with van der Waals surface area (Å²) >= 11 is 0. The highest BCUT2D eigenvalue weighted by molar-refractivity contribution is 6.72. The fourth-order valence-corrected chi connectivity index (χ4v) is 11.9. The van der Waals surface area contributed by atoms with Gasteiger partial charge in [0.2, 0.25) is 8.41 Å². The van der Waals surface area contributed by atoms with Crippen molar-refractivity contribution in [2.75, 3.05) is 41.5 Å². The molecule has 4 aliphatic heterocycles. The first-order chi connectivity index (χ1) is 25.1. The molecular formula is C39H46FN7O4Si. The predicted molar refractivity (Wildman–Crippen MR) is 199 cm³/mol. The van der Waals surface area contributed by atoms with Gasteiger partial charge in [0.15, 0.2) is 5.60 Å². The lowest BCUT2D eigenvalue weighted by Gasteiger charge is -2.39. The van der Waals surface area contributed by atoms with Crippen LogP contribution in [0.15, 0.2) is 85.1 Å². The highest BCUT2D eigenvalue weighted by atomic mass is 28.4. The zero-order chi connectivity index (χ0) is 36.3. The Balaban J connectivity index is 1.09. The number of piperidine rings is 1. The highest BCUT2D eigenvalue weighted by Gasteiger charge is 2.65. The van der Waals surface area contributed by atoms with Crippen molar-refractivity contribution in [3.8, 4) is 0 Å². The largest absolute Gasteiger partial charge is 0.395 e. The van der Waals surface area contributed by atoms with Gasteiger partial charge in [-0.25, -0.2) is 0 Å². The summed E-state index contributed by atoms with van der Waals surface area (Å²) in [4.78, 5) is 32.6. The van der Waals surface area contributed by atoms with E-state index in [1.165, 1.54) is 0 Å². The van der Waals surface area contributed by atoms with Gasteiger partial charge >= 0.3 is 0 Å². The van der Waals surface area contributed by atoms with E-state index in [4.69, 9.17) is 4.74 Å². The van der Waals surface area contributed by atoms with E-state index < -0.39 is 37.1 Å². The first-order valence-electron chi connectivity index (χ1n) is 18.3. The lowest BCUT2D eigenvalue weighted by Crippen LogP contribution is -2.55. The van der Waals surface area contributed by atoms with Gasteiger partial charge in [-0.05, 0) is 81.3 Å². The Labute approximate surface area is 304 Å². The molecule has 52 heavy (non-hydrogen) atoms. The number of nitrogens with zero attached hydrogens (tertiary/aromatic N) is 5. The van der Waals surface area contributed by atoms with Gasteiger partial charge in [-0.3, -0.25) is 19.2 Å². The van der Waals surface area contributed by atoms with Crippen LogP contribution in [0.5, 0.6) is 0 Å². The number of aromatic nitrogens is 3. The number of aliphatic hydroxyl groups is 1. The average molecular weight is 724 g/mol. The summed E-state index contributed by atoms with van der Waals surface area (Å²) in [5.41, 5.74) is 1.98. The summed E-state index contributed by atoms with van der Waals surface area (Å²) in [6, 6.07) is 25.4. The molecule has 3 N–H and O–H groups in total. The van der Waals surface area contributed by atoms with Crippen LogP contribution < -0.4 is 20.4 Å². The number of benzene rings is 3. The lowest BCUT2D eigenvalue weighted by molar-refractivity contribution is -0.143. The third kappa shape index (κ3) is 5.56.